The van der Waals surface area contributed by atoms with Crippen LogP contribution in [-0.2, 0) is 21.3 Å². The highest BCUT2D eigenvalue weighted by molar-refractivity contribution is 5.79. The van der Waals surface area contributed by atoms with Crippen LogP contribution >= 0.6 is 0 Å². The van der Waals surface area contributed by atoms with E-state index < -0.39 is 12.6 Å². The molecule has 1 aliphatic carbocycles. The molecule has 0 amide bonds. The maximum atomic E-state index is 12.4. The number of ether oxygens (including phenoxy) is 2. The van der Waals surface area contributed by atoms with E-state index in [1.165, 1.54) is 0 Å². The molecule has 144 valence electrons. The van der Waals surface area contributed by atoms with Gasteiger partial charge >= 0.3 is 6.18 Å². The first-order valence-electron chi connectivity index (χ1n) is 8.85. The smallest absolute Gasteiger partial charge is 0.383 e. The minimum atomic E-state index is -4.13. The molecule has 2 aromatic carbocycles. The zero-order chi connectivity index (χ0) is 19.5. The Hall–Kier alpha value is -2.11. The van der Waals surface area contributed by atoms with Crippen LogP contribution in [-0.4, -0.2) is 33.6 Å². The summed E-state index contributed by atoms with van der Waals surface area (Å²) >= 11 is 0. The standard InChI is InChI=1S/C22H23F3O2/c1-26-14-21(15-27-2)12-11-18-4-3-5-19(20(18)21)17-8-6-16(7-9-17)10-13-22(23,24)25/h3-9,11-12H,10,13-15H2,1-2H3. The predicted molar refractivity (Wildman–Crippen MR) is 101 cm³/mol. The summed E-state index contributed by atoms with van der Waals surface area (Å²) < 4.78 is 48.3. The summed E-state index contributed by atoms with van der Waals surface area (Å²) in [5.74, 6) is 0. The summed E-state index contributed by atoms with van der Waals surface area (Å²) in [6.07, 6.45) is -0.748. The Labute approximate surface area is 157 Å². The Morgan fingerprint density at radius 2 is 1.59 bits per heavy atom. The molecule has 1 aliphatic rings. The Morgan fingerprint density at radius 3 is 2.19 bits per heavy atom. The molecule has 0 atom stereocenters. The molecule has 0 bridgehead atoms. The molecule has 2 nitrogen and oxygen atoms in total. The molecule has 0 radical (unpaired) electrons. The summed E-state index contributed by atoms with van der Waals surface area (Å²) in [5.41, 5.74) is 4.59. The van der Waals surface area contributed by atoms with Crippen molar-refractivity contribution >= 4 is 6.08 Å². The van der Waals surface area contributed by atoms with Crippen LogP contribution in [0.15, 0.2) is 48.5 Å². The summed E-state index contributed by atoms with van der Waals surface area (Å²) in [5, 5.41) is 0. The van der Waals surface area contributed by atoms with Gasteiger partial charge in [0.15, 0.2) is 0 Å². The molecule has 27 heavy (non-hydrogen) atoms. The lowest BCUT2D eigenvalue weighted by molar-refractivity contribution is -0.133. The molecular weight excluding hydrogens is 353 g/mol. The second kappa shape index (κ2) is 7.87. The normalized spacial score (nSPS) is 15.1. The molecule has 0 spiro atoms. The Balaban J connectivity index is 1.94. The van der Waals surface area contributed by atoms with Crippen molar-refractivity contribution < 1.29 is 22.6 Å². The molecule has 0 unspecified atom stereocenters. The molecule has 0 saturated heterocycles. The van der Waals surface area contributed by atoms with Gasteiger partial charge < -0.3 is 9.47 Å². The fourth-order valence-corrected chi connectivity index (χ4v) is 3.77. The highest BCUT2D eigenvalue weighted by Gasteiger charge is 2.37. The highest BCUT2D eigenvalue weighted by atomic mass is 19.4. The minimum absolute atomic E-state index is 0.00445. The van der Waals surface area contributed by atoms with Crippen LogP contribution in [0.4, 0.5) is 13.2 Å². The maximum absolute atomic E-state index is 12.4. The molecular formula is C22H23F3O2. The van der Waals surface area contributed by atoms with Gasteiger partial charge in [0.1, 0.15) is 0 Å². The number of rotatable bonds is 7. The van der Waals surface area contributed by atoms with Gasteiger partial charge in [0.2, 0.25) is 0 Å². The summed E-state index contributed by atoms with van der Waals surface area (Å²) in [4.78, 5) is 0. The Kier molecular flexibility index (Phi) is 5.72. The maximum Gasteiger partial charge on any atom is 0.389 e. The first kappa shape index (κ1) is 19.6. The van der Waals surface area contributed by atoms with Crippen LogP contribution < -0.4 is 0 Å². The van der Waals surface area contributed by atoms with Crippen molar-refractivity contribution in [2.45, 2.75) is 24.4 Å². The van der Waals surface area contributed by atoms with E-state index in [0.29, 0.717) is 18.8 Å². The number of fused-ring (bicyclic) bond motifs is 1. The van der Waals surface area contributed by atoms with Crippen molar-refractivity contribution in [1.29, 1.82) is 0 Å². The van der Waals surface area contributed by atoms with Gasteiger partial charge in [0.25, 0.3) is 0 Å². The van der Waals surface area contributed by atoms with Gasteiger partial charge in [0, 0.05) is 20.6 Å². The summed E-state index contributed by atoms with van der Waals surface area (Å²) in [6.45, 7) is 0.982. The fraction of sp³-hybridized carbons (Fsp3) is 0.364. The molecule has 0 N–H and O–H groups in total. The molecule has 2 aromatic rings. The Morgan fingerprint density at radius 1 is 0.926 bits per heavy atom. The lowest BCUT2D eigenvalue weighted by atomic mass is 9.79. The van der Waals surface area contributed by atoms with Crippen molar-refractivity contribution in [3.8, 4) is 11.1 Å². The van der Waals surface area contributed by atoms with E-state index in [2.05, 4.69) is 18.2 Å². The van der Waals surface area contributed by atoms with Crippen LogP contribution in [0.25, 0.3) is 17.2 Å². The predicted octanol–water partition coefficient (Wildman–Crippen LogP) is 5.41. The Bertz CT molecular complexity index is 801. The average Bonchev–Trinajstić information content (AvgIpc) is 2.99. The van der Waals surface area contributed by atoms with Crippen LogP contribution in [0.5, 0.6) is 0 Å². The van der Waals surface area contributed by atoms with Gasteiger partial charge in [-0.15, -0.1) is 0 Å². The quantitative estimate of drug-likeness (QED) is 0.644. The van der Waals surface area contributed by atoms with E-state index in [-0.39, 0.29) is 11.8 Å². The van der Waals surface area contributed by atoms with E-state index >= 15 is 0 Å². The molecule has 3 rings (SSSR count). The number of methoxy groups -OCH3 is 2. The third kappa shape index (κ3) is 4.25. The summed E-state index contributed by atoms with van der Waals surface area (Å²) in [6, 6.07) is 13.4. The number of aryl methyl sites for hydroxylation is 1. The van der Waals surface area contributed by atoms with Crippen molar-refractivity contribution in [2.75, 3.05) is 27.4 Å². The minimum Gasteiger partial charge on any atom is -0.383 e. The molecule has 0 saturated carbocycles. The lowest BCUT2D eigenvalue weighted by Crippen LogP contribution is -2.33. The molecule has 5 heteroatoms. The highest BCUT2D eigenvalue weighted by Crippen LogP contribution is 2.42. The second-order valence-electron chi connectivity index (χ2n) is 6.94. The van der Waals surface area contributed by atoms with Gasteiger partial charge in [-0.25, -0.2) is 0 Å². The van der Waals surface area contributed by atoms with E-state index in [0.717, 1.165) is 22.3 Å². The number of hydrogen-bond donors (Lipinski definition) is 0. The van der Waals surface area contributed by atoms with E-state index in [9.17, 15) is 13.2 Å². The van der Waals surface area contributed by atoms with Crippen LogP contribution in [0, 0.1) is 0 Å². The van der Waals surface area contributed by atoms with Crippen LogP contribution in [0.1, 0.15) is 23.1 Å². The monoisotopic (exact) mass is 376 g/mol. The van der Waals surface area contributed by atoms with E-state index in [1.54, 1.807) is 26.4 Å². The van der Waals surface area contributed by atoms with Crippen molar-refractivity contribution in [3.63, 3.8) is 0 Å². The molecule has 0 aliphatic heterocycles. The van der Waals surface area contributed by atoms with Gasteiger partial charge in [-0.1, -0.05) is 54.6 Å². The SMILES string of the molecule is COCC1(COC)C=Cc2cccc(-c3ccc(CCC(F)(F)F)cc3)c21. The largest absolute Gasteiger partial charge is 0.389 e. The molecule has 0 heterocycles. The van der Waals surface area contributed by atoms with Gasteiger partial charge in [0.05, 0.1) is 18.6 Å². The van der Waals surface area contributed by atoms with Gasteiger partial charge in [-0.3, -0.25) is 0 Å². The van der Waals surface area contributed by atoms with Crippen molar-refractivity contribution in [3.05, 3.63) is 65.2 Å². The first-order valence-corrected chi connectivity index (χ1v) is 8.85. The third-order valence-corrected chi connectivity index (χ3v) is 4.94. The second-order valence-corrected chi connectivity index (χ2v) is 6.94. The van der Waals surface area contributed by atoms with Crippen LogP contribution in [0.2, 0.25) is 0 Å². The molecule has 0 fully saturated rings. The zero-order valence-electron chi connectivity index (χ0n) is 15.5. The number of halogens is 3. The summed E-state index contributed by atoms with van der Waals surface area (Å²) in [7, 11) is 3.34. The lowest BCUT2D eigenvalue weighted by Gasteiger charge is -2.30. The average molecular weight is 376 g/mol. The fourth-order valence-electron chi connectivity index (χ4n) is 3.77. The zero-order valence-corrected chi connectivity index (χ0v) is 15.5. The van der Waals surface area contributed by atoms with Crippen LogP contribution in [0.3, 0.4) is 0 Å². The molecule has 0 aromatic heterocycles. The topological polar surface area (TPSA) is 18.5 Å². The van der Waals surface area contributed by atoms with Gasteiger partial charge in [-0.05, 0) is 34.2 Å². The number of hydrogen-bond acceptors (Lipinski definition) is 2. The number of benzene rings is 2. The van der Waals surface area contributed by atoms with E-state index in [4.69, 9.17) is 9.47 Å². The number of alkyl halides is 3. The third-order valence-electron chi connectivity index (χ3n) is 4.94. The first-order chi connectivity index (χ1) is 12.9. The van der Waals surface area contributed by atoms with Crippen molar-refractivity contribution in [2.24, 2.45) is 0 Å². The van der Waals surface area contributed by atoms with E-state index in [1.807, 2.05) is 24.3 Å². The van der Waals surface area contributed by atoms with Crippen molar-refractivity contribution in [1.82, 2.24) is 0 Å². The van der Waals surface area contributed by atoms with Gasteiger partial charge in [-0.2, -0.15) is 13.2 Å².